The van der Waals surface area contributed by atoms with E-state index in [1.54, 1.807) is 17.5 Å². The number of hydrogen-bond donors (Lipinski definition) is 2. The molecule has 1 fully saturated rings. The lowest BCUT2D eigenvalue weighted by molar-refractivity contribution is -0.133. The Kier molecular flexibility index (Phi) is 5.04. The molecule has 0 aliphatic heterocycles. The fourth-order valence-corrected chi connectivity index (χ4v) is 4.11. The van der Waals surface area contributed by atoms with Crippen LogP contribution in [0.25, 0.3) is 0 Å². The van der Waals surface area contributed by atoms with E-state index in [0.717, 1.165) is 24.3 Å². The smallest absolute Gasteiger partial charge is 0.224 e. The van der Waals surface area contributed by atoms with Crippen LogP contribution in [0.3, 0.4) is 0 Å². The number of hydrogen-bond acceptors (Lipinski definition) is 4. The lowest BCUT2D eigenvalue weighted by Gasteiger charge is -2.46. The van der Waals surface area contributed by atoms with Crippen LogP contribution in [0.15, 0.2) is 11.6 Å². The first-order chi connectivity index (χ1) is 9.87. The summed E-state index contributed by atoms with van der Waals surface area (Å²) in [6, 6.07) is 0.226. The van der Waals surface area contributed by atoms with Crippen LogP contribution >= 0.6 is 11.3 Å². The van der Waals surface area contributed by atoms with Crippen molar-refractivity contribution in [3.05, 3.63) is 16.6 Å². The van der Waals surface area contributed by atoms with Gasteiger partial charge in [0.15, 0.2) is 0 Å². The first kappa shape index (κ1) is 16.4. The van der Waals surface area contributed by atoms with Gasteiger partial charge in [0.05, 0.1) is 6.04 Å². The van der Waals surface area contributed by atoms with E-state index >= 15 is 0 Å². The van der Waals surface area contributed by atoms with E-state index in [0.29, 0.717) is 5.92 Å². The number of aromatic nitrogens is 1. The van der Waals surface area contributed by atoms with E-state index in [4.69, 9.17) is 5.73 Å². The summed E-state index contributed by atoms with van der Waals surface area (Å²) < 4.78 is 0. The molecule has 21 heavy (non-hydrogen) atoms. The van der Waals surface area contributed by atoms with Gasteiger partial charge in [-0.15, -0.1) is 11.3 Å². The van der Waals surface area contributed by atoms with E-state index in [9.17, 15) is 4.79 Å². The van der Waals surface area contributed by atoms with Gasteiger partial charge in [-0.05, 0) is 30.6 Å². The largest absolute Gasteiger partial charge is 0.347 e. The maximum atomic E-state index is 12.8. The van der Waals surface area contributed by atoms with Crippen LogP contribution in [0.1, 0.15) is 58.0 Å². The molecule has 0 aromatic carbocycles. The summed E-state index contributed by atoms with van der Waals surface area (Å²) in [5, 5.41) is 6.14. The Balaban J connectivity index is 2.09. The zero-order valence-corrected chi connectivity index (χ0v) is 14.2. The third kappa shape index (κ3) is 3.29. The highest BCUT2D eigenvalue weighted by Crippen LogP contribution is 2.44. The normalized spacial score (nSPS) is 29.9. The molecular weight excluding hydrogens is 282 g/mol. The Hall–Kier alpha value is -0.940. The summed E-state index contributed by atoms with van der Waals surface area (Å²) in [7, 11) is 0. The minimum absolute atomic E-state index is 0.0270. The Morgan fingerprint density at radius 3 is 2.86 bits per heavy atom. The molecule has 1 aromatic rings. The molecule has 1 saturated carbocycles. The minimum Gasteiger partial charge on any atom is -0.347 e. The van der Waals surface area contributed by atoms with E-state index < -0.39 is 0 Å². The lowest BCUT2D eigenvalue weighted by atomic mass is 9.61. The number of carbonyl (C=O) groups excluding carboxylic acids is 1. The van der Waals surface area contributed by atoms with Crippen LogP contribution in [0, 0.1) is 17.3 Å². The second-order valence-electron chi connectivity index (χ2n) is 6.74. The van der Waals surface area contributed by atoms with Crippen molar-refractivity contribution in [1.82, 2.24) is 10.3 Å². The van der Waals surface area contributed by atoms with E-state index in [1.807, 2.05) is 5.38 Å². The molecule has 4 atom stereocenters. The molecule has 1 amide bonds. The molecule has 0 radical (unpaired) electrons. The van der Waals surface area contributed by atoms with Gasteiger partial charge in [0.1, 0.15) is 5.01 Å². The van der Waals surface area contributed by atoms with Crippen molar-refractivity contribution in [2.75, 3.05) is 0 Å². The molecule has 5 heteroatoms. The van der Waals surface area contributed by atoms with Gasteiger partial charge in [-0.3, -0.25) is 4.79 Å². The summed E-state index contributed by atoms with van der Waals surface area (Å²) in [5.41, 5.74) is 6.11. The van der Waals surface area contributed by atoms with Gasteiger partial charge >= 0.3 is 0 Å². The molecule has 118 valence electrons. The molecule has 0 spiro atoms. The standard InChI is InChI=1S/C16H27N3OS/c1-5-13(15-18-8-9-21-15)19-14(20)11-6-7-12(17)10(2)16(11,3)4/h8-13H,5-7,17H2,1-4H3,(H,19,20). The number of nitrogens with zero attached hydrogens (tertiary/aromatic N) is 1. The van der Waals surface area contributed by atoms with Gasteiger partial charge in [0.25, 0.3) is 0 Å². The maximum absolute atomic E-state index is 12.8. The predicted octanol–water partition coefficient (Wildman–Crippen LogP) is 3.11. The number of thiazole rings is 1. The van der Waals surface area contributed by atoms with Crippen LogP contribution < -0.4 is 11.1 Å². The van der Waals surface area contributed by atoms with Gasteiger partial charge in [-0.2, -0.15) is 0 Å². The summed E-state index contributed by atoms with van der Waals surface area (Å²) in [6.45, 7) is 8.59. The number of nitrogens with one attached hydrogen (secondary N) is 1. The van der Waals surface area contributed by atoms with Crippen molar-refractivity contribution in [2.24, 2.45) is 23.0 Å². The van der Waals surface area contributed by atoms with Crippen molar-refractivity contribution >= 4 is 17.2 Å². The predicted molar refractivity (Wildman–Crippen MR) is 86.9 cm³/mol. The zero-order valence-electron chi connectivity index (χ0n) is 13.4. The lowest BCUT2D eigenvalue weighted by Crippen LogP contribution is -2.51. The molecule has 3 N–H and O–H groups in total. The average molecular weight is 309 g/mol. The van der Waals surface area contributed by atoms with E-state index in [-0.39, 0.29) is 29.3 Å². The van der Waals surface area contributed by atoms with Crippen molar-refractivity contribution < 1.29 is 4.79 Å². The van der Waals surface area contributed by atoms with Crippen molar-refractivity contribution in [3.8, 4) is 0 Å². The molecule has 1 aliphatic carbocycles. The average Bonchev–Trinajstić information content (AvgIpc) is 2.96. The van der Waals surface area contributed by atoms with Crippen molar-refractivity contribution in [3.63, 3.8) is 0 Å². The Bertz CT molecular complexity index is 472. The van der Waals surface area contributed by atoms with Crippen LogP contribution in [0.4, 0.5) is 0 Å². The first-order valence-electron chi connectivity index (χ1n) is 7.83. The topological polar surface area (TPSA) is 68.0 Å². The molecule has 1 aliphatic rings. The molecule has 0 saturated heterocycles. The summed E-state index contributed by atoms with van der Waals surface area (Å²) in [6.07, 6.45) is 4.46. The van der Waals surface area contributed by atoms with Crippen molar-refractivity contribution in [2.45, 2.75) is 59.0 Å². The summed E-state index contributed by atoms with van der Waals surface area (Å²) >= 11 is 1.60. The van der Waals surface area contributed by atoms with E-state index in [1.165, 1.54) is 0 Å². The Morgan fingerprint density at radius 2 is 2.29 bits per heavy atom. The van der Waals surface area contributed by atoms with Gasteiger partial charge in [0, 0.05) is 23.5 Å². The molecule has 4 nitrogen and oxygen atoms in total. The van der Waals surface area contributed by atoms with Crippen LogP contribution in [-0.4, -0.2) is 16.9 Å². The number of carbonyl (C=O) groups is 1. The number of rotatable bonds is 4. The molecule has 4 unspecified atom stereocenters. The molecule has 0 bridgehead atoms. The first-order valence-corrected chi connectivity index (χ1v) is 8.71. The Labute approximate surface area is 131 Å². The van der Waals surface area contributed by atoms with Gasteiger partial charge in [-0.1, -0.05) is 27.7 Å². The fourth-order valence-electron chi connectivity index (χ4n) is 3.34. The second kappa shape index (κ2) is 6.44. The van der Waals surface area contributed by atoms with Gasteiger partial charge in [0.2, 0.25) is 5.91 Å². The maximum Gasteiger partial charge on any atom is 0.224 e. The summed E-state index contributed by atoms with van der Waals surface area (Å²) in [4.78, 5) is 17.1. The molecule has 1 aromatic heterocycles. The Morgan fingerprint density at radius 1 is 1.57 bits per heavy atom. The highest BCUT2D eigenvalue weighted by molar-refractivity contribution is 7.09. The van der Waals surface area contributed by atoms with E-state index in [2.05, 4.69) is 38.0 Å². The summed E-state index contributed by atoms with van der Waals surface area (Å²) in [5.74, 6) is 0.532. The fraction of sp³-hybridized carbons (Fsp3) is 0.750. The SMILES string of the molecule is CCC(NC(=O)C1CCC(N)C(C)C1(C)C)c1nccs1. The van der Waals surface area contributed by atoms with Crippen LogP contribution in [0.5, 0.6) is 0 Å². The molecule has 2 rings (SSSR count). The minimum atomic E-state index is -0.0665. The van der Waals surface area contributed by atoms with Gasteiger partial charge in [-0.25, -0.2) is 4.98 Å². The van der Waals surface area contributed by atoms with Gasteiger partial charge < -0.3 is 11.1 Å². The van der Waals surface area contributed by atoms with Crippen molar-refractivity contribution in [1.29, 1.82) is 0 Å². The highest BCUT2D eigenvalue weighted by atomic mass is 32.1. The molecular formula is C16H27N3OS. The molecule has 1 heterocycles. The van der Waals surface area contributed by atoms with Crippen LogP contribution in [-0.2, 0) is 4.79 Å². The number of amides is 1. The third-order valence-corrected chi connectivity index (χ3v) is 6.18. The quantitative estimate of drug-likeness (QED) is 0.898. The second-order valence-corrected chi connectivity index (χ2v) is 7.67. The number of nitrogens with two attached hydrogens (primary N) is 1. The highest BCUT2D eigenvalue weighted by Gasteiger charge is 2.45. The van der Waals surface area contributed by atoms with Crippen LogP contribution in [0.2, 0.25) is 0 Å². The monoisotopic (exact) mass is 309 g/mol. The zero-order chi connectivity index (χ0) is 15.6. The third-order valence-electron chi connectivity index (χ3n) is 5.29.